The van der Waals surface area contributed by atoms with Crippen molar-refractivity contribution in [2.24, 2.45) is 0 Å². The molecule has 0 fully saturated rings. The van der Waals surface area contributed by atoms with E-state index in [2.05, 4.69) is 20.5 Å². The van der Waals surface area contributed by atoms with Crippen molar-refractivity contribution in [2.75, 3.05) is 5.32 Å². The smallest absolute Gasteiger partial charge is 0.129 e. The molecule has 2 N–H and O–H groups in total. The van der Waals surface area contributed by atoms with Gasteiger partial charge in [0, 0.05) is 17.8 Å². The molecule has 0 atom stereocenters. The molecule has 0 spiro atoms. The lowest BCUT2D eigenvalue weighted by Gasteiger charge is -2.05. The largest absolute Gasteiger partial charge is 0.380 e. The van der Waals surface area contributed by atoms with E-state index in [1.54, 1.807) is 12.3 Å². The maximum Gasteiger partial charge on any atom is 0.129 e. The van der Waals surface area contributed by atoms with E-state index in [4.69, 9.17) is 11.6 Å². The van der Waals surface area contributed by atoms with Crippen molar-refractivity contribution < 1.29 is 0 Å². The third kappa shape index (κ3) is 2.33. The first-order chi connectivity index (χ1) is 7.66. The lowest BCUT2D eigenvalue weighted by molar-refractivity contribution is 1.02. The Morgan fingerprint density at radius 2 is 2.19 bits per heavy atom. The fourth-order valence-electron chi connectivity index (χ4n) is 1.51. The van der Waals surface area contributed by atoms with Crippen LogP contribution in [0.25, 0.3) is 0 Å². The van der Waals surface area contributed by atoms with Crippen molar-refractivity contribution in [3.8, 4) is 0 Å². The van der Waals surface area contributed by atoms with E-state index in [1.807, 2.05) is 19.9 Å². The molecule has 2 rings (SSSR count). The van der Waals surface area contributed by atoms with Gasteiger partial charge in [-0.25, -0.2) is 4.98 Å². The summed E-state index contributed by atoms with van der Waals surface area (Å²) in [6.45, 7) is 4.73. The van der Waals surface area contributed by atoms with Gasteiger partial charge in [-0.1, -0.05) is 11.6 Å². The minimum atomic E-state index is 0.501. The normalized spacial score (nSPS) is 10.4. The summed E-state index contributed by atoms with van der Waals surface area (Å²) < 4.78 is 0. The predicted octanol–water partition coefficient (Wildman–Crippen LogP) is 2.69. The Morgan fingerprint density at radius 1 is 1.38 bits per heavy atom. The molecule has 4 nitrogen and oxygen atoms in total. The van der Waals surface area contributed by atoms with Crippen LogP contribution in [0.1, 0.15) is 17.0 Å². The molecule has 0 saturated heterocycles. The summed E-state index contributed by atoms with van der Waals surface area (Å²) in [5.74, 6) is 0. The Hall–Kier alpha value is -1.55. The summed E-state index contributed by atoms with van der Waals surface area (Å²) in [7, 11) is 0. The number of halogens is 1. The number of nitrogens with zero attached hydrogens (tertiary/aromatic N) is 2. The molecule has 0 saturated carbocycles. The summed E-state index contributed by atoms with van der Waals surface area (Å²) >= 11 is 5.71. The van der Waals surface area contributed by atoms with Crippen molar-refractivity contribution in [1.82, 2.24) is 15.2 Å². The molecule has 2 heterocycles. The number of nitrogens with one attached hydrogen (secondary N) is 2. The third-order valence-corrected chi connectivity index (χ3v) is 2.70. The van der Waals surface area contributed by atoms with E-state index in [0.717, 1.165) is 23.6 Å². The van der Waals surface area contributed by atoms with Crippen molar-refractivity contribution in [3.05, 3.63) is 40.4 Å². The van der Waals surface area contributed by atoms with Gasteiger partial charge in [0.1, 0.15) is 5.15 Å². The molecule has 5 heteroatoms. The average Bonchev–Trinajstić information content (AvgIpc) is 2.59. The standard InChI is InChI=1S/C11H13ClN4/c1-7-10(8(2)16-15-7)6-13-9-3-4-11(12)14-5-9/h3-5,13H,6H2,1-2H3,(H,15,16). The molecular weight excluding hydrogens is 224 g/mol. The van der Waals surface area contributed by atoms with Crippen LogP contribution in [0.5, 0.6) is 0 Å². The summed E-state index contributed by atoms with van der Waals surface area (Å²) in [5, 5.41) is 10.9. The molecule has 2 aromatic heterocycles. The molecule has 0 aliphatic carbocycles. The summed E-state index contributed by atoms with van der Waals surface area (Å²) in [5.41, 5.74) is 4.25. The van der Waals surface area contributed by atoms with Crippen molar-refractivity contribution in [2.45, 2.75) is 20.4 Å². The first kappa shape index (κ1) is 11.0. The van der Waals surface area contributed by atoms with Crippen molar-refractivity contribution in [3.63, 3.8) is 0 Å². The Balaban J connectivity index is 2.05. The van der Waals surface area contributed by atoms with E-state index >= 15 is 0 Å². The number of aromatic amines is 1. The Labute approximate surface area is 99.1 Å². The van der Waals surface area contributed by atoms with Crippen LogP contribution < -0.4 is 5.32 Å². The number of anilines is 1. The van der Waals surface area contributed by atoms with E-state index in [1.165, 1.54) is 5.56 Å². The summed E-state index contributed by atoms with van der Waals surface area (Å²) in [6.07, 6.45) is 1.72. The number of H-pyrrole nitrogens is 1. The average molecular weight is 237 g/mol. The fourth-order valence-corrected chi connectivity index (χ4v) is 1.62. The van der Waals surface area contributed by atoms with Gasteiger partial charge in [0.05, 0.1) is 17.6 Å². The number of hydrogen-bond donors (Lipinski definition) is 2. The van der Waals surface area contributed by atoms with E-state index in [9.17, 15) is 0 Å². The number of pyridine rings is 1. The highest BCUT2D eigenvalue weighted by atomic mass is 35.5. The number of aryl methyl sites for hydroxylation is 2. The van der Waals surface area contributed by atoms with Gasteiger partial charge in [-0.05, 0) is 26.0 Å². The maximum atomic E-state index is 5.71. The van der Waals surface area contributed by atoms with E-state index < -0.39 is 0 Å². The zero-order valence-electron chi connectivity index (χ0n) is 9.21. The highest BCUT2D eigenvalue weighted by Crippen LogP contribution is 2.14. The lowest BCUT2D eigenvalue weighted by Crippen LogP contribution is -2.01. The van der Waals surface area contributed by atoms with Crippen LogP contribution in [0.4, 0.5) is 5.69 Å². The SMILES string of the molecule is Cc1n[nH]c(C)c1CNc1ccc(Cl)nc1. The molecule has 0 aliphatic rings. The fraction of sp³-hybridized carbons (Fsp3) is 0.273. The highest BCUT2D eigenvalue weighted by molar-refractivity contribution is 6.29. The molecule has 84 valence electrons. The quantitative estimate of drug-likeness (QED) is 0.806. The topological polar surface area (TPSA) is 53.6 Å². The van der Waals surface area contributed by atoms with E-state index in [0.29, 0.717) is 5.15 Å². The van der Waals surface area contributed by atoms with Crippen molar-refractivity contribution in [1.29, 1.82) is 0 Å². The summed E-state index contributed by atoms with van der Waals surface area (Å²) in [6, 6.07) is 3.67. The molecule has 0 amide bonds. The second-order valence-electron chi connectivity index (χ2n) is 3.64. The van der Waals surface area contributed by atoms with Crippen LogP contribution >= 0.6 is 11.6 Å². The number of rotatable bonds is 3. The van der Waals surface area contributed by atoms with Gasteiger partial charge in [-0.2, -0.15) is 5.10 Å². The van der Waals surface area contributed by atoms with Crippen LogP contribution in [0.2, 0.25) is 5.15 Å². The van der Waals surface area contributed by atoms with E-state index in [-0.39, 0.29) is 0 Å². The first-order valence-corrected chi connectivity index (χ1v) is 5.40. The molecule has 16 heavy (non-hydrogen) atoms. The minimum Gasteiger partial charge on any atom is -0.380 e. The summed E-state index contributed by atoms with van der Waals surface area (Å²) in [4.78, 5) is 4.00. The van der Waals surface area contributed by atoms with Crippen molar-refractivity contribution >= 4 is 17.3 Å². The second-order valence-corrected chi connectivity index (χ2v) is 4.02. The highest BCUT2D eigenvalue weighted by Gasteiger charge is 2.05. The van der Waals surface area contributed by atoms with Crippen LogP contribution in [0.3, 0.4) is 0 Å². The molecular formula is C11H13ClN4. The van der Waals surface area contributed by atoms with Crippen LogP contribution in [0, 0.1) is 13.8 Å². The first-order valence-electron chi connectivity index (χ1n) is 5.02. The Morgan fingerprint density at radius 3 is 2.75 bits per heavy atom. The molecule has 0 aliphatic heterocycles. The van der Waals surface area contributed by atoms with Gasteiger partial charge in [-0.3, -0.25) is 5.10 Å². The Kier molecular flexibility index (Phi) is 3.10. The van der Waals surface area contributed by atoms with Gasteiger partial charge in [-0.15, -0.1) is 0 Å². The minimum absolute atomic E-state index is 0.501. The van der Waals surface area contributed by atoms with Crippen LogP contribution in [-0.4, -0.2) is 15.2 Å². The van der Waals surface area contributed by atoms with Gasteiger partial charge >= 0.3 is 0 Å². The molecule has 0 aromatic carbocycles. The van der Waals surface area contributed by atoms with Gasteiger partial charge in [0.25, 0.3) is 0 Å². The number of hydrogen-bond acceptors (Lipinski definition) is 3. The molecule has 0 radical (unpaired) electrons. The van der Waals surface area contributed by atoms with Gasteiger partial charge < -0.3 is 5.32 Å². The monoisotopic (exact) mass is 236 g/mol. The van der Waals surface area contributed by atoms with Gasteiger partial charge in [0.2, 0.25) is 0 Å². The third-order valence-electron chi connectivity index (χ3n) is 2.48. The van der Waals surface area contributed by atoms with Crippen LogP contribution in [0.15, 0.2) is 18.3 Å². The predicted molar refractivity (Wildman–Crippen MR) is 64.6 cm³/mol. The zero-order valence-corrected chi connectivity index (χ0v) is 9.97. The molecule has 2 aromatic rings. The Bertz CT molecular complexity index is 456. The zero-order chi connectivity index (χ0) is 11.5. The number of aromatic nitrogens is 3. The molecule has 0 unspecified atom stereocenters. The lowest BCUT2D eigenvalue weighted by atomic mass is 10.2. The second kappa shape index (κ2) is 4.53. The molecule has 0 bridgehead atoms. The maximum absolute atomic E-state index is 5.71. The van der Waals surface area contributed by atoms with Crippen LogP contribution in [-0.2, 0) is 6.54 Å². The van der Waals surface area contributed by atoms with Gasteiger partial charge in [0.15, 0.2) is 0 Å².